The molecule has 0 radical (unpaired) electrons. The van der Waals surface area contributed by atoms with E-state index < -0.39 is 6.04 Å². The first-order chi connectivity index (χ1) is 8.60. The molecule has 0 aliphatic carbocycles. The summed E-state index contributed by atoms with van der Waals surface area (Å²) in [7, 11) is 1.55. The average molecular weight is 258 g/mol. The van der Waals surface area contributed by atoms with Gasteiger partial charge >= 0.3 is 0 Å². The monoisotopic (exact) mass is 258 g/mol. The maximum absolute atomic E-state index is 11.7. The third-order valence-corrected chi connectivity index (χ3v) is 3.19. The first-order valence-corrected chi connectivity index (χ1v) is 6.09. The fourth-order valence-electron chi connectivity index (χ4n) is 2.16. The molecule has 18 heavy (non-hydrogen) atoms. The Morgan fingerprint density at radius 3 is 2.61 bits per heavy atom. The van der Waals surface area contributed by atoms with E-state index in [-0.39, 0.29) is 11.8 Å². The number of amides is 2. The minimum atomic E-state index is -0.396. The SMILES string of the molecule is COCC(C(=O)NN)N1CCCN(C(C)=O)CC1. The third-order valence-electron chi connectivity index (χ3n) is 3.19. The van der Waals surface area contributed by atoms with Gasteiger partial charge in [0.25, 0.3) is 5.91 Å². The minimum absolute atomic E-state index is 0.0726. The molecule has 7 heteroatoms. The van der Waals surface area contributed by atoms with E-state index in [4.69, 9.17) is 10.6 Å². The van der Waals surface area contributed by atoms with Crippen LogP contribution in [0.1, 0.15) is 13.3 Å². The zero-order valence-corrected chi connectivity index (χ0v) is 11.0. The van der Waals surface area contributed by atoms with Crippen molar-refractivity contribution in [2.75, 3.05) is 39.9 Å². The fraction of sp³-hybridized carbons (Fsp3) is 0.818. The van der Waals surface area contributed by atoms with Crippen molar-refractivity contribution in [1.29, 1.82) is 0 Å². The molecule has 1 fully saturated rings. The number of hydrogen-bond donors (Lipinski definition) is 2. The summed E-state index contributed by atoms with van der Waals surface area (Å²) in [5.41, 5.74) is 2.16. The summed E-state index contributed by atoms with van der Waals surface area (Å²) in [5.74, 6) is 4.99. The second-order valence-electron chi connectivity index (χ2n) is 4.38. The Bertz CT molecular complexity index is 298. The van der Waals surface area contributed by atoms with Gasteiger partial charge in [0.15, 0.2) is 0 Å². The predicted molar refractivity (Wildman–Crippen MR) is 66.4 cm³/mol. The van der Waals surface area contributed by atoms with E-state index in [1.165, 1.54) is 0 Å². The first kappa shape index (κ1) is 14.9. The topological polar surface area (TPSA) is 87.9 Å². The Balaban J connectivity index is 2.63. The fourth-order valence-corrected chi connectivity index (χ4v) is 2.16. The molecular formula is C11H22N4O3. The Hall–Kier alpha value is -1.18. The zero-order valence-electron chi connectivity index (χ0n) is 11.0. The molecule has 0 aromatic heterocycles. The normalized spacial score (nSPS) is 19.2. The molecule has 104 valence electrons. The van der Waals surface area contributed by atoms with Gasteiger partial charge in [-0.2, -0.15) is 0 Å². The highest BCUT2D eigenvalue weighted by molar-refractivity contribution is 5.81. The molecule has 0 aromatic rings. The number of ether oxygens (including phenoxy) is 1. The van der Waals surface area contributed by atoms with Crippen LogP contribution in [0.5, 0.6) is 0 Å². The summed E-state index contributed by atoms with van der Waals surface area (Å²) < 4.78 is 5.06. The Kier molecular flexibility index (Phi) is 6.03. The highest BCUT2D eigenvalue weighted by atomic mass is 16.5. The van der Waals surface area contributed by atoms with Gasteiger partial charge in [-0.05, 0) is 6.42 Å². The number of hydrogen-bond acceptors (Lipinski definition) is 5. The van der Waals surface area contributed by atoms with E-state index >= 15 is 0 Å². The van der Waals surface area contributed by atoms with Crippen LogP contribution in [0.3, 0.4) is 0 Å². The largest absolute Gasteiger partial charge is 0.383 e. The molecular weight excluding hydrogens is 236 g/mol. The van der Waals surface area contributed by atoms with E-state index in [2.05, 4.69) is 5.43 Å². The third kappa shape index (κ3) is 3.94. The maximum atomic E-state index is 11.7. The van der Waals surface area contributed by atoms with Gasteiger partial charge in [-0.3, -0.25) is 19.9 Å². The van der Waals surface area contributed by atoms with E-state index in [0.717, 1.165) is 19.5 Å². The van der Waals surface area contributed by atoms with Crippen LogP contribution in [0, 0.1) is 0 Å². The van der Waals surface area contributed by atoms with Crippen LogP contribution in [-0.4, -0.2) is 67.6 Å². The highest BCUT2D eigenvalue weighted by Gasteiger charge is 2.27. The smallest absolute Gasteiger partial charge is 0.253 e. The van der Waals surface area contributed by atoms with Gasteiger partial charge in [-0.25, -0.2) is 5.84 Å². The zero-order chi connectivity index (χ0) is 13.5. The number of hydrazine groups is 1. The number of nitrogens with two attached hydrogens (primary N) is 1. The molecule has 0 spiro atoms. The van der Waals surface area contributed by atoms with E-state index in [1.54, 1.807) is 18.9 Å². The minimum Gasteiger partial charge on any atom is -0.383 e. The molecule has 0 aromatic carbocycles. The molecule has 2 amide bonds. The Labute approximate surface area is 107 Å². The lowest BCUT2D eigenvalue weighted by Gasteiger charge is -2.28. The Morgan fingerprint density at radius 1 is 1.33 bits per heavy atom. The predicted octanol–water partition coefficient (Wildman–Crippen LogP) is -1.45. The van der Waals surface area contributed by atoms with Gasteiger partial charge in [-0.1, -0.05) is 0 Å². The van der Waals surface area contributed by atoms with Gasteiger partial charge in [0.05, 0.1) is 6.61 Å². The number of nitrogens with zero attached hydrogens (tertiary/aromatic N) is 2. The molecule has 1 saturated heterocycles. The number of nitrogens with one attached hydrogen (secondary N) is 1. The highest BCUT2D eigenvalue weighted by Crippen LogP contribution is 2.08. The Morgan fingerprint density at radius 2 is 2.06 bits per heavy atom. The molecule has 1 heterocycles. The molecule has 1 unspecified atom stereocenters. The molecule has 1 aliphatic heterocycles. The molecule has 0 saturated carbocycles. The molecule has 1 rings (SSSR count). The number of carbonyl (C=O) groups is 2. The second-order valence-corrected chi connectivity index (χ2v) is 4.38. The van der Waals surface area contributed by atoms with Crippen molar-refractivity contribution < 1.29 is 14.3 Å². The van der Waals surface area contributed by atoms with Crippen LogP contribution in [0.15, 0.2) is 0 Å². The van der Waals surface area contributed by atoms with Crippen LogP contribution >= 0.6 is 0 Å². The van der Waals surface area contributed by atoms with Crippen molar-refractivity contribution in [1.82, 2.24) is 15.2 Å². The lowest BCUT2D eigenvalue weighted by atomic mass is 10.2. The standard InChI is InChI=1S/C11H22N4O3/c1-9(16)14-4-3-5-15(7-6-14)10(8-18-2)11(17)13-12/h10H,3-8,12H2,1-2H3,(H,13,17). The van der Waals surface area contributed by atoms with Crippen LogP contribution in [-0.2, 0) is 14.3 Å². The number of rotatable bonds is 4. The van der Waals surface area contributed by atoms with Crippen molar-refractivity contribution in [3.63, 3.8) is 0 Å². The van der Waals surface area contributed by atoms with Crippen molar-refractivity contribution >= 4 is 11.8 Å². The first-order valence-electron chi connectivity index (χ1n) is 6.09. The second kappa shape index (κ2) is 7.30. The maximum Gasteiger partial charge on any atom is 0.253 e. The van der Waals surface area contributed by atoms with Crippen molar-refractivity contribution in [3.05, 3.63) is 0 Å². The van der Waals surface area contributed by atoms with E-state index in [0.29, 0.717) is 19.7 Å². The quantitative estimate of drug-likeness (QED) is 0.366. The van der Waals surface area contributed by atoms with Crippen molar-refractivity contribution in [2.24, 2.45) is 5.84 Å². The summed E-state index contributed by atoms with van der Waals surface area (Å²) in [6.07, 6.45) is 0.845. The number of carbonyl (C=O) groups excluding carboxylic acids is 2. The van der Waals surface area contributed by atoms with Crippen molar-refractivity contribution in [3.8, 4) is 0 Å². The van der Waals surface area contributed by atoms with E-state index in [9.17, 15) is 9.59 Å². The molecule has 0 bridgehead atoms. The molecule has 7 nitrogen and oxygen atoms in total. The van der Waals surface area contributed by atoms with Gasteiger partial charge in [-0.15, -0.1) is 0 Å². The van der Waals surface area contributed by atoms with E-state index in [1.807, 2.05) is 4.90 Å². The summed E-state index contributed by atoms with van der Waals surface area (Å²) in [6, 6.07) is -0.396. The molecule has 3 N–H and O–H groups in total. The summed E-state index contributed by atoms with van der Waals surface area (Å²) in [6.45, 7) is 4.63. The van der Waals surface area contributed by atoms with Crippen LogP contribution in [0.4, 0.5) is 0 Å². The lowest BCUT2D eigenvalue weighted by Crippen LogP contribution is -2.52. The van der Waals surface area contributed by atoms with Gasteiger partial charge in [0.1, 0.15) is 6.04 Å². The average Bonchev–Trinajstić information content (AvgIpc) is 2.60. The van der Waals surface area contributed by atoms with Gasteiger partial charge < -0.3 is 9.64 Å². The summed E-state index contributed by atoms with van der Waals surface area (Å²) in [4.78, 5) is 26.8. The lowest BCUT2D eigenvalue weighted by molar-refractivity contribution is -0.128. The number of methoxy groups -OCH3 is 1. The molecule has 1 aliphatic rings. The van der Waals surface area contributed by atoms with Crippen LogP contribution in [0.25, 0.3) is 0 Å². The summed E-state index contributed by atoms with van der Waals surface area (Å²) >= 11 is 0. The van der Waals surface area contributed by atoms with Crippen LogP contribution in [0.2, 0.25) is 0 Å². The van der Waals surface area contributed by atoms with Gasteiger partial charge in [0.2, 0.25) is 5.91 Å². The van der Waals surface area contributed by atoms with Gasteiger partial charge in [0, 0.05) is 40.2 Å². The molecule has 1 atom stereocenters. The van der Waals surface area contributed by atoms with Crippen LogP contribution < -0.4 is 11.3 Å². The summed E-state index contributed by atoms with van der Waals surface area (Å²) in [5, 5.41) is 0. The van der Waals surface area contributed by atoms with Crippen molar-refractivity contribution in [2.45, 2.75) is 19.4 Å².